The second-order valence-corrected chi connectivity index (χ2v) is 7.61. The first kappa shape index (κ1) is 22.0. The van der Waals surface area contributed by atoms with Crippen molar-refractivity contribution in [1.29, 1.82) is 0 Å². The fourth-order valence-corrected chi connectivity index (χ4v) is 3.63. The molecular weight excluding hydrogens is 421 g/mol. The molecule has 0 bridgehead atoms. The Morgan fingerprint density at radius 2 is 1.45 bits per heavy atom. The van der Waals surface area contributed by atoms with Gasteiger partial charge >= 0.3 is 0 Å². The molecule has 0 aliphatic carbocycles. The predicted molar refractivity (Wildman–Crippen MR) is 126 cm³/mol. The van der Waals surface area contributed by atoms with Crippen molar-refractivity contribution in [1.82, 2.24) is 0 Å². The van der Waals surface area contributed by atoms with Gasteiger partial charge < -0.3 is 10.6 Å². The monoisotopic (exact) mass is 443 g/mol. The Balaban J connectivity index is 1.76. The Kier molecular flexibility index (Phi) is 6.04. The largest absolute Gasteiger partial charge is 0.350 e. The third kappa shape index (κ3) is 4.52. The normalized spacial score (nSPS) is 13.5. The zero-order chi connectivity index (χ0) is 23.5. The fourth-order valence-electron chi connectivity index (χ4n) is 3.63. The summed E-state index contributed by atoms with van der Waals surface area (Å²) in [6.07, 6.45) is 0.837. The number of rotatable bonds is 6. The van der Waals surface area contributed by atoms with Gasteiger partial charge in [-0.2, -0.15) is 0 Å². The minimum absolute atomic E-state index is 0.0958. The SMILES string of the molecule is CCc1ccc(N2C(=O)C(Nc3ccc(F)cc3)=C(c3ccc(NC(C)=O)cc3)C2=O)cc1. The van der Waals surface area contributed by atoms with Crippen LogP contribution in [0.2, 0.25) is 0 Å². The summed E-state index contributed by atoms with van der Waals surface area (Å²) in [6.45, 7) is 3.43. The topological polar surface area (TPSA) is 78.5 Å². The van der Waals surface area contributed by atoms with Crippen molar-refractivity contribution >= 4 is 40.4 Å². The number of hydrogen-bond donors (Lipinski definition) is 2. The van der Waals surface area contributed by atoms with Gasteiger partial charge in [0.1, 0.15) is 11.5 Å². The lowest BCUT2D eigenvalue weighted by Crippen LogP contribution is -2.32. The van der Waals surface area contributed by atoms with Crippen LogP contribution in [0.5, 0.6) is 0 Å². The minimum atomic E-state index is -0.505. The van der Waals surface area contributed by atoms with Crippen molar-refractivity contribution in [2.75, 3.05) is 15.5 Å². The van der Waals surface area contributed by atoms with Gasteiger partial charge in [0.05, 0.1) is 11.3 Å². The molecule has 0 spiro atoms. The van der Waals surface area contributed by atoms with E-state index in [-0.39, 0.29) is 17.2 Å². The summed E-state index contributed by atoms with van der Waals surface area (Å²) in [5, 5.41) is 5.67. The maximum atomic E-state index is 13.5. The number of nitrogens with zero attached hydrogens (tertiary/aromatic N) is 1. The number of carbonyl (C=O) groups is 3. The molecule has 0 atom stereocenters. The van der Waals surface area contributed by atoms with Crippen molar-refractivity contribution < 1.29 is 18.8 Å². The summed E-state index contributed by atoms with van der Waals surface area (Å²) in [5.41, 5.74) is 3.40. The van der Waals surface area contributed by atoms with E-state index in [2.05, 4.69) is 10.6 Å². The van der Waals surface area contributed by atoms with Crippen LogP contribution in [0.1, 0.15) is 25.0 Å². The lowest BCUT2D eigenvalue weighted by Gasteiger charge is -2.16. The summed E-state index contributed by atoms with van der Waals surface area (Å²) < 4.78 is 13.4. The van der Waals surface area contributed by atoms with E-state index in [4.69, 9.17) is 0 Å². The number of amides is 3. The molecule has 0 unspecified atom stereocenters. The fraction of sp³-hybridized carbons (Fsp3) is 0.115. The molecular formula is C26H22FN3O3. The third-order valence-corrected chi connectivity index (χ3v) is 5.29. The first-order chi connectivity index (χ1) is 15.9. The Morgan fingerprint density at radius 3 is 2.03 bits per heavy atom. The molecule has 166 valence electrons. The first-order valence-electron chi connectivity index (χ1n) is 10.5. The van der Waals surface area contributed by atoms with Crippen LogP contribution < -0.4 is 15.5 Å². The molecule has 3 aromatic rings. The maximum Gasteiger partial charge on any atom is 0.282 e. The van der Waals surface area contributed by atoms with E-state index in [9.17, 15) is 18.8 Å². The molecule has 6 nitrogen and oxygen atoms in total. The number of benzene rings is 3. The van der Waals surface area contributed by atoms with Gasteiger partial charge in [-0.05, 0) is 66.1 Å². The van der Waals surface area contributed by atoms with Crippen molar-refractivity contribution in [3.05, 3.63) is 95.4 Å². The molecule has 0 radical (unpaired) electrons. The van der Waals surface area contributed by atoms with Crippen molar-refractivity contribution in [2.45, 2.75) is 20.3 Å². The summed E-state index contributed by atoms with van der Waals surface area (Å²) in [6, 6.07) is 19.4. The minimum Gasteiger partial charge on any atom is -0.350 e. The summed E-state index contributed by atoms with van der Waals surface area (Å²) in [7, 11) is 0. The highest BCUT2D eigenvalue weighted by Crippen LogP contribution is 2.34. The van der Waals surface area contributed by atoms with E-state index < -0.39 is 17.6 Å². The number of imide groups is 1. The van der Waals surface area contributed by atoms with Crippen LogP contribution in [-0.4, -0.2) is 17.7 Å². The molecule has 3 aromatic carbocycles. The lowest BCUT2D eigenvalue weighted by molar-refractivity contribution is -0.120. The molecule has 0 saturated heterocycles. The average Bonchev–Trinajstić information content (AvgIpc) is 3.05. The van der Waals surface area contributed by atoms with Crippen LogP contribution in [0.15, 0.2) is 78.5 Å². The number of nitrogens with one attached hydrogen (secondary N) is 2. The standard InChI is InChI=1S/C26H22FN3O3/c1-3-17-4-14-22(15-5-17)30-25(32)23(18-6-10-20(11-7-18)28-16(2)31)24(26(30)33)29-21-12-8-19(27)9-13-21/h4-15,29H,3H2,1-2H3,(H,28,31). The molecule has 2 N–H and O–H groups in total. The molecule has 1 aliphatic heterocycles. The van der Waals surface area contributed by atoms with Crippen LogP contribution in [0.3, 0.4) is 0 Å². The van der Waals surface area contributed by atoms with Crippen LogP contribution in [-0.2, 0) is 20.8 Å². The third-order valence-electron chi connectivity index (χ3n) is 5.29. The summed E-state index contributed by atoms with van der Waals surface area (Å²) in [4.78, 5) is 39.3. The van der Waals surface area contributed by atoms with Crippen molar-refractivity contribution in [3.8, 4) is 0 Å². The Morgan fingerprint density at radius 1 is 0.848 bits per heavy atom. The van der Waals surface area contributed by atoms with Crippen LogP contribution in [0.4, 0.5) is 21.5 Å². The second kappa shape index (κ2) is 9.08. The smallest absolute Gasteiger partial charge is 0.282 e. The molecule has 4 rings (SSSR count). The van der Waals surface area contributed by atoms with Gasteiger partial charge in [0.15, 0.2) is 0 Å². The van der Waals surface area contributed by atoms with Gasteiger partial charge in [0.2, 0.25) is 5.91 Å². The van der Waals surface area contributed by atoms with Gasteiger partial charge in [0, 0.05) is 18.3 Å². The zero-order valence-corrected chi connectivity index (χ0v) is 18.2. The lowest BCUT2D eigenvalue weighted by atomic mass is 10.0. The second-order valence-electron chi connectivity index (χ2n) is 7.61. The van der Waals surface area contributed by atoms with E-state index in [0.29, 0.717) is 22.6 Å². The quantitative estimate of drug-likeness (QED) is 0.540. The summed E-state index contributed by atoms with van der Waals surface area (Å²) >= 11 is 0. The molecule has 0 aromatic heterocycles. The molecule has 33 heavy (non-hydrogen) atoms. The van der Waals surface area contributed by atoms with Gasteiger partial charge in [-0.1, -0.05) is 31.2 Å². The molecule has 3 amide bonds. The van der Waals surface area contributed by atoms with E-state index in [0.717, 1.165) is 16.9 Å². The highest BCUT2D eigenvalue weighted by molar-refractivity contribution is 6.46. The van der Waals surface area contributed by atoms with Gasteiger partial charge in [0.25, 0.3) is 11.8 Å². The van der Waals surface area contributed by atoms with Crippen molar-refractivity contribution in [2.24, 2.45) is 0 Å². The number of aryl methyl sites for hydroxylation is 1. The van der Waals surface area contributed by atoms with Crippen LogP contribution in [0, 0.1) is 5.82 Å². The Hall–Kier alpha value is -4.26. The van der Waals surface area contributed by atoms with Crippen molar-refractivity contribution in [3.63, 3.8) is 0 Å². The highest BCUT2D eigenvalue weighted by Gasteiger charge is 2.40. The van der Waals surface area contributed by atoms with E-state index in [1.807, 2.05) is 19.1 Å². The highest BCUT2D eigenvalue weighted by atomic mass is 19.1. The Labute approximate surface area is 190 Å². The van der Waals surface area contributed by atoms with Gasteiger partial charge in [-0.15, -0.1) is 0 Å². The number of carbonyl (C=O) groups excluding carboxylic acids is 3. The molecule has 7 heteroatoms. The van der Waals surface area contributed by atoms with E-state index >= 15 is 0 Å². The molecule has 1 aliphatic rings. The number of hydrogen-bond acceptors (Lipinski definition) is 4. The van der Waals surface area contributed by atoms with Gasteiger partial charge in [-0.25, -0.2) is 9.29 Å². The Bertz CT molecular complexity index is 1250. The van der Waals surface area contributed by atoms with E-state index in [1.165, 1.54) is 31.2 Å². The molecule has 1 heterocycles. The molecule has 0 fully saturated rings. The first-order valence-corrected chi connectivity index (χ1v) is 10.5. The maximum absolute atomic E-state index is 13.5. The number of halogens is 1. The van der Waals surface area contributed by atoms with Gasteiger partial charge in [-0.3, -0.25) is 14.4 Å². The van der Waals surface area contributed by atoms with Crippen LogP contribution >= 0.6 is 0 Å². The average molecular weight is 443 g/mol. The molecule has 0 saturated carbocycles. The zero-order valence-electron chi connectivity index (χ0n) is 18.2. The predicted octanol–water partition coefficient (Wildman–Crippen LogP) is 4.74. The summed E-state index contributed by atoms with van der Waals surface area (Å²) in [5.74, 6) is -1.60. The number of anilines is 3. The van der Waals surface area contributed by atoms with E-state index in [1.54, 1.807) is 36.4 Å². The van der Waals surface area contributed by atoms with Crippen LogP contribution in [0.25, 0.3) is 5.57 Å².